The van der Waals surface area contributed by atoms with Gasteiger partial charge in [0.05, 0.1) is 11.6 Å². The first-order chi connectivity index (χ1) is 8.16. The number of amides is 1. The predicted molar refractivity (Wildman–Crippen MR) is 72.6 cm³/mol. The molecule has 1 aromatic rings. The Hall–Kier alpha value is -1.13. The molecule has 3 nitrogen and oxygen atoms in total. The van der Waals surface area contributed by atoms with E-state index in [0.717, 1.165) is 24.9 Å². The minimum absolute atomic E-state index is 0. The van der Waals surface area contributed by atoms with Gasteiger partial charge in [-0.25, -0.2) is 4.39 Å². The zero-order valence-corrected chi connectivity index (χ0v) is 11.1. The van der Waals surface area contributed by atoms with E-state index < -0.39 is 0 Å². The van der Waals surface area contributed by atoms with Gasteiger partial charge in [-0.2, -0.15) is 0 Å². The molecule has 0 saturated carbocycles. The van der Waals surface area contributed by atoms with Gasteiger partial charge < -0.3 is 10.6 Å². The van der Waals surface area contributed by atoms with Gasteiger partial charge in [0.2, 0.25) is 5.91 Å². The summed E-state index contributed by atoms with van der Waals surface area (Å²) < 4.78 is 13.5. The third-order valence-corrected chi connectivity index (χ3v) is 3.05. The Labute approximate surface area is 113 Å². The van der Waals surface area contributed by atoms with E-state index in [2.05, 4.69) is 10.6 Å². The molecule has 1 heterocycles. The van der Waals surface area contributed by atoms with Gasteiger partial charge in [-0.1, -0.05) is 6.07 Å². The summed E-state index contributed by atoms with van der Waals surface area (Å²) in [6.07, 6.45) is 1.86. The van der Waals surface area contributed by atoms with E-state index in [0.29, 0.717) is 6.54 Å². The second-order valence-corrected chi connectivity index (χ2v) is 4.52. The van der Waals surface area contributed by atoms with Gasteiger partial charge in [0.25, 0.3) is 0 Å². The molecule has 2 N–H and O–H groups in total. The van der Waals surface area contributed by atoms with Crippen LogP contribution in [0.25, 0.3) is 0 Å². The zero-order chi connectivity index (χ0) is 12.3. The van der Waals surface area contributed by atoms with E-state index in [1.807, 2.05) is 6.92 Å². The van der Waals surface area contributed by atoms with E-state index >= 15 is 0 Å². The number of piperidine rings is 1. The van der Waals surface area contributed by atoms with Crippen molar-refractivity contribution >= 4 is 24.0 Å². The summed E-state index contributed by atoms with van der Waals surface area (Å²) >= 11 is 0. The van der Waals surface area contributed by atoms with Crippen LogP contribution in [0.15, 0.2) is 18.2 Å². The van der Waals surface area contributed by atoms with E-state index in [9.17, 15) is 9.18 Å². The highest BCUT2D eigenvalue weighted by molar-refractivity contribution is 5.93. The van der Waals surface area contributed by atoms with Crippen molar-refractivity contribution in [3.8, 4) is 0 Å². The van der Waals surface area contributed by atoms with Crippen LogP contribution in [0.3, 0.4) is 0 Å². The minimum Gasteiger partial charge on any atom is -0.323 e. The second-order valence-electron chi connectivity index (χ2n) is 4.52. The summed E-state index contributed by atoms with van der Waals surface area (Å²) in [4.78, 5) is 11.9. The number of anilines is 1. The van der Waals surface area contributed by atoms with Crippen molar-refractivity contribution in [2.24, 2.45) is 5.92 Å². The summed E-state index contributed by atoms with van der Waals surface area (Å²) in [6, 6.07) is 4.72. The topological polar surface area (TPSA) is 41.1 Å². The lowest BCUT2D eigenvalue weighted by molar-refractivity contribution is -0.120. The van der Waals surface area contributed by atoms with Crippen molar-refractivity contribution < 1.29 is 9.18 Å². The molecule has 0 bridgehead atoms. The van der Waals surface area contributed by atoms with Crippen molar-refractivity contribution in [2.45, 2.75) is 19.8 Å². The number of hydrogen-bond donors (Lipinski definition) is 2. The van der Waals surface area contributed by atoms with Crippen LogP contribution in [0.5, 0.6) is 0 Å². The number of benzene rings is 1. The van der Waals surface area contributed by atoms with Gasteiger partial charge in [-0.15, -0.1) is 12.4 Å². The molecule has 18 heavy (non-hydrogen) atoms. The van der Waals surface area contributed by atoms with Crippen LogP contribution >= 0.6 is 12.4 Å². The molecule has 5 heteroatoms. The van der Waals surface area contributed by atoms with Crippen molar-refractivity contribution in [1.82, 2.24) is 5.32 Å². The van der Waals surface area contributed by atoms with Gasteiger partial charge in [-0.3, -0.25) is 4.79 Å². The smallest absolute Gasteiger partial charge is 0.228 e. The van der Waals surface area contributed by atoms with Gasteiger partial charge in [0.15, 0.2) is 0 Å². The molecule has 0 aliphatic carbocycles. The van der Waals surface area contributed by atoms with E-state index in [4.69, 9.17) is 0 Å². The highest BCUT2D eigenvalue weighted by atomic mass is 35.5. The largest absolute Gasteiger partial charge is 0.323 e. The molecule has 1 aliphatic rings. The van der Waals surface area contributed by atoms with E-state index in [1.54, 1.807) is 12.1 Å². The fourth-order valence-electron chi connectivity index (χ4n) is 2.05. The van der Waals surface area contributed by atoms with Gasteiger partial charge in [-0.05, 0) is 44.0 Å². The normalized spacial score (nSPS) is 18.9. The Morgan fingerprint density at radius 2 is 2.28 bits per heavy atom. The SMILES string of the molecule is Cc1ccc(F)c(NC(=O)[C@@H]2CCCNC2)c1.Cl. The number of hydrogen-bond acceptors (Lipinski definition) is 2. The number of aryl methyl sites for hydroxylation is 1. The summed E-state index contributed by atoms with van der Waals surface area (Å²) in [6.45, 7) is 3.51. The molecule has 1 aromatic carbocycles. The highest BCUT2D eigenvalue weighted by Crippen LogP contribution is 2.18. The third-order valence-electron chi connectivity index (χ3n) is 3.05. The Bertz CT molecular complexity index is 419. The summed E-state index contributed by atoms with van der Waals surface area (Å²) in [7, 11) is 0. The zero-order valence-electron chi connectivity index (χ0n) is 10.3. The van der Waals surface area contributed by atoms with Crippen molar-refractivity contribution in [2.75, 3.05) is 18.4 Å². The van der Waals surface area contributed by atoms with Crippen LogP contribution in [0.1, 0.15) is 18.4 Å². The highest BCUT2D eigenvalue weighted by Gasteiger charge is 2.21. The Kier molecular flexibility index (Phi) is 5.56. The summed E-state index contributed by atoms with van der Waals surface area (Å²) in [5.41, 5.74) is 1.21. The van der Waals surface area contributed by atoms with Gasteiger partial charge in [0, 0.05) is 6.54 Å². The average Bonchev–Trinajstić information content (AvgIpc) is 2.35. The standard InChI is InChI=1S/C13H17FN2O.ClH/c1-9-4-5-11(14)12(7-9)16-13(17)10-3-2-6-15-8-10;/h4-5,7,10,15H,2-3,6,8H2,1H3,(H,16,17);1H/t10-;/m1./s1. The first kappa shape index (κ1) is 14.9. The first-order valence-electron chi connectivity index (χ1n) is 5.94. The average molecular weight is 273 g/mol. The maximum Gasteiger partial charge on any atom is 0.228 e. The summed E-state index contributed by atoms with van der Waals surface area (Å²) in [5, 5.41) is 5.84. The molecular formula is C13H18ClFN2O. The molecule has 0 unspecified atom stereocenters. The van der Waals surface area contributed by atoms with E-state index in [1.165, 1.54) is 6.07 Å². The first-order valence-corrected chi connectivity index (χ1v) is 5.94. The number of nitrogens with one attached hydrogen (secondary N) is 2. The molecule has 100 valence electrons. The Morgan fingerprint density at radius 1 is 1.50 bits per heavy atom. The third kappa shape index (κ3) is 3.68. The molecule has 1 atom stereocenters. The second kappa shape index (κ2) is 6.71. The van der Waals surface area contributed by atoms with Crippen LogP contribution in [0.4, 0.5) is 10.1 Å². The van der Waals surface area contributed by atoms with E-state index in [-0.39, 0.29) is 35.7 Å². The van der Waals surface area contributed by atoms with Gasteiger partial charge in [0.1, 0.15) is 5.82 Å². The van der Waals surface area contributed by atoms with Gasteiger partial charge >= 0.3 is 0 Å². The number of rotatable bonds is 2. The van der Waals surface area contributed by atoms with Crippen LogP contribution in [-0.4, -0.2) is 19.0 Å². The predicted octanol–water partition coefficient (Wildman–Crippen LogP) is 2.49. The lowest BCUT2D eigenvalue weighted by atomic mass is 9.98. The van der Waals surface area contributed by atoms with Crippen LogP contribution in [-0.2, 0) is 4.79 Å². The molecule has 1 saturated heterocycles. The molecule has 0 radical (unpaired) electrons. The number of halogens is 2. The van der Waals surface area contributed by atoms with Crippen molar-refractivity contribution in [1.29, 1.82) is 0 Å². The minimum atomic E-state index is -0.382. The van der Waals surface area contributed by atoms with Crippen LogP contribution in [0, 0.1) is 18.7 Å². The lowest BCUT2D eigenvalue weighted by Gasteiger charge is -2.22. The maximum absolute atomic E-state index is 13.5. The quantitative estimate of drug-likeness (QED) is 0.869. The molecule has 1 fully saturated rings. The van der Waals surface area contributed by atoms with Crippen LogP contribution in [0.2, 0.25) is 0 Å². The maximum atomic E-state index is 13.5. The van der Waals surface area contributed by atoms with Crippen molar-refractivity contribution in [3.63, 3.8) is 0 Å². The van der Waals surface area contributed by atoms with Crippen molar-refractivity contribution in [3.05, 3.63) is 29.6 Å². The summed E-state index contributed by atoms with van der Waals surface area (Å²) in [5.74, 6) is -0.530. The molecule has 0 aromatic heterocycles. The molecule has 1 amide bonds. The fraction of sp³-hybridized carbons (Fsp3) is 0.462. The molecular weight excluding hydrogens is 255 g/mol. The molecule has 2 rings (SSSR count). The Morgan fingerprint density at radius 3 is 2.94 bits per heavy atom. The fourth-order valence-corrected chi connectivity index (χ4v) is 2.05. The Balaban J connectivity index is 0.00000162. The lowest BCUT2D eigenvalue weighted by Crippen LogP contribution is -2.37. The van der Waals surface area contributed by atoms with Crippen LogP contribution < -0.4 is 10.6 Å². The molecule has 0 spiro atoms. The number of carbonyl (C=O) groups is 1. The monoisotopic (exact) mass is 272 g/mol. The number of carbonyl (C=O) groups excluding carboxylic acids is 1. The molecule has 1 aliphatic heterocycles.